The standard InChI is InChI=1S/C41H28N2O/c1-4-13-29(14-5-1)30-23-26-34(27-24-30)43(36-21-11-10-20-35(36)31-15-6-2-7-16-31)37-22-12-19-32-25-28-38-40(39(32)37)42-41(44-38)33-17-8-3-9-18-33/h1-28H. The van der Waals surface area contributed by atoms with Gasteiger partial charge in [0, 0.05) is 22.2 Å². The largest absolute Gasteiger partial charge is 0.436 e. The van der Waals surface area contributed by atoms with Gasteiger partial charge in [0.25, 0.3) is 0 Å². The zero-order valence-electron chi connectivity index (χ0n) is 24.0. The molecule has 0 saturated carbocycles. The first kappa shape index (κ1) is 25.8. The molecule has 0 atom stereocenters. The molecule has 0 N–H and O–H groups in total. The summed E-state index contributed by atoms with van der Waals surface area (Å²) >= 11 is 0. The lowest BCUT2D eigenvalue weighted by atomic mass is 9.99. The highest BCUT2D eigenvalue weighted by atomic mass is 16.3. The number of rotatable bonds is 6. The lowest BCUT2D eigenvalue weighted by molar-refractivity contribution is 0.620. The van der Waals surface area contributed by atoms with Crippen molar-refractivity contribution in [1.29, 1.82) is 0 Å². The van der Waals surface area contributed by atoms with E-state index in [1.807, 2.05) is 36.4 Å². The first-order chi connectivity index (χ1) is 21.8. The number of fused-ring (bicyclic) bond motifs is 3. The minimum absolute atomic E-state index is 0.617. The van der Waals surface area contributed by atoms with Crippen LogP contribution in [0.3, 0.4) is 0 Å². The van der Waals surface area contributed by atoms with Gasteiger partial charge in [-0.15, -0.1) is 0 Å². The Bertz CT molecular complexity index is 2200. The van der Waals surface area contributed by atoms with E-state index in [1.54, 1.807) is 0 Å². The summed E-state index contributed by atoms with van der Waals surface area (Å²) in [6.07, 6.45) is 0. The third kappa shape index (κ3) is 4.61. The molecule has 0 spiro atoms. The Morgan fingerprint density at radius 1 is 0.432 bits per heavy atom. The molecule has 3 heteroatoms. The van der Waals surface area contributed by atoms with Crippen molar-refractivity contribution in [3.63, 3.8) is 0 Å². The first-order valence-electron chi connectivity index (χ1n) is 14.8. The monoisotopic (exact) mass is 564 g/mol. The molecule has 0 amide bonds. The summed E-state index contributed by atoms with van der Waals surface area (Å²) in [7, 11) is 0. The average molecular weight is 565 g/mol. The highest BCUT2D eigenvalue weighted by Gasteiger charge is 2.22. The van der Waals surface area contributed by atoms with Gasteiger partial charge in [0.05, 0.1) is 11.4 Å². The second-order valence-electron chi connectivity index (χ2n) is 10.8. The van der Waals surface area contributed by atoms with Crippen LogP contribution in [0.25, 0.3) is 55.6 Å². The summed E-state index contributed by atoms with van der Waals surface area (Å²) in [5.74, 6) is 0.617. The minimum Gasteiger partial charge on any atom is -0.436 e. The fraction of sp³-hybridized carbons (Fsp3) is 0. The third-order valence-electron chi connectivity index (χ3n) is 8.10. The van der Waals surface area contributed by atoms with Crippen LogP contribution in [0.15, 0.2) is 174 Å². The Morgan fingerprint density at radius 2 is 1.02 bits per heavy atom. The van der Waals surface area contributed by atoms with E-state index in [4.69, 9.17) is 9.40 Å². The molecule has 0 bridgehead atoms. The molecular weight excluding hydrogens is 536 g/mol. The van der Waals surface area contributed by atoms with Gasteiger partial charge in [0.15, 0.2) is 5.58 Å². The van der Waals surface area contributed by atoms with E-state index in [0.717, 1.165) is 55.6 Å². The van der Waals surface area contributed by atoms with Crippen LogP contribution in [0.4, 0.5) is 17.1 Å². The van der Waals surface area contributed by atoms with Crippen molar-refractivity contribution in [2.24, 2.45) is 0 Å². The number of aromatic nitrogens is 1. The minimum atomic E-state index is 0.617. The molecule has 1 heterocycles. The molecule has 0 radical (unpaired) electrons. The highest BCUT2D eigenvalue weighted by molar-refractivity contribution is 6.13. The molecule has 1 aromatic heterocycles. The van der Waals surface area contributed by atoms with Crippen molar-refractivity contribution < 1.29 is 4.42 Å². The maximum absolute atomic E-state index is 6.34. The highest BCUT2D eigenvalue weighted by Crippen LogP contribution is 2.45. The Labute approximate surface area is 256 Å². The Hall–Kier alpha value is -5.93. The van der Waals surface area contributed by atoms with Crippen molar-refractivity contribution in [3.05, 3.63) is 170 Å². The fourth-order valence-corrected chi connectivity index (χ4v) is 6.01. The number of hydrogen-bond acceptors (Lipinski definition) is 3. The molecule has 44 heavy (non-hydrogen) atoms. The van der Waals surface area contributed by atoms with Crippen LogP contribution in [0.1, 0.15) is 0 Å². The van der Waals surface area contributed by atoms with E-state index in [-0.39, 0.29) is 0 Å². The van der Waals surface area contributed by atoms with Crippen molar-refractivity contribution >= 4 is 38.9 Å². The summed E-state index contributed by atoms with van der Waals surface area (Å²) in [4.78, 5) is 7.44. The van der Waals surface area contributed by atoms with E-state index in [9.17, 15) is 0 Å². The quantitative estimate of drug-likeness (QED) is 0.201. The summed E-state index contributed by atoms with van der Waals surface area (Å²) in [6.45, 7) is 0. The molecule has 7 aromatic carbocycles. The van der Waals surface area contributed by atoms with Crippen molar-refractivity contribution in [1.82, 2.24) is 4.98 Å². The molecule has 0 aliphatic rings. The number of para-hydroxylation sites is 1. The van der Waals surface area contributed by atoms with Crippen molar-refractivity contribution in [2.75, 3.05) is 4.90 Å². The van der Waals surface area contributed by atoms with Gasteiger partial charge >= 0.3 is 0 Å². The van der Waals surface area contributed by atoms with Gasteiger partial charge in [0.2, 0.25) is 5.89 Å². The topological polar surface area (TPSA) is 29.3 Å². The first-order valence-corrected chi connectivity index (χ1v) is 14.8. The lowest BCUT2D eigenvalue weighted by Crippen LogP contribution is -2.12. The lowest BCUT2D eigenvalue weighted by Gasteiger charge is -2.29. The SMILES string of the molecule is c1ccc(-c2ccc(N(c3ccccc3-c3ccccc3)c3cccc4ccc5oc(-c6ccccc6)nc5c34)cc2)cc1. The molecule has 8 rings (SSSR count). The molecule has 208 valence electrons. The van der Waals surface area contributed by atoms with Gasteiger partial charge < -0.3 is 9.32 Å². The van der Waals surface area contributed by atoms with Crippen LogP contribution in [0.5, 0.6) is 0 Å². The number of nitrogens with zero attached hydrogens (tertiary/aromatic N) is 2. The number of anilines is 3. The van der Waals surface area contributed by atoms with Crippen LogP contribution in [-0.2, 0) is 0 Å². The van der Waals surface area contributed by atoms with E-state index < -0.39 is 0 Å². The van der Waals surface area contributed by atoms with Crippen LogP contribution < -0.4 is 4.90 Å². The smallest absolute Gasteiger partial charge is 0.227 e. The summed E-state index contributed by atoms with van der Waals surface area (Å²) in [5.41, 5.74) is 10.4. The fourth-order valence-electron chi connectivity index (χ4n) is 6.01. The van der Waals surface area contributed by atoms with Gasteiger partial charge in [-0.1, -0.05) is 127 Å². The van der Waals surface area contributed by atoms with E-state index in [1.165, 1.54) is 11.1 Å². The molecule has 0 aliphatic heterocycles. The van der Waals surface area contributed by atoms with Gasteiger partial charge in [-0.05, 0) is 64.5 Å². The Kier molecular flexibility index (Phi) is 6.47. The molecule has 8 aromatic rings. The molecule has 0 saturated heterocycles. The van der Waals surface area contributed by atoms with E-state index in [0.29, 0.717) is 5.89 Å². The van der Waals surface area contributed by atoms with Crippen molar-refractivity contribution in [3.8, 4) is 33.7 Å². The predicted molar refractivity (Wildman–Crippen MR) is 183 cm³/mol. The van der Waals surface area contributed by atoms with Gasteiger partial charge in [-0.2, -0.15) is 0 Å². The Morgan fingerprint density at radius 3 is 1.75 bits per heavy atom. The van der Waals surface area contributed by atoms with E-state index in [2.05, 4.69) is 138 Å². The third-order valence-corrected chi connectivity index (χ3v) is 8.10. The van der Waals surface area contributed by atoms with Crippen LogP contribution in [0.2, 0.25) is 0 Å². The maximum atomic E-state index is 6.34. The maximum Gasteiger partial charge on any atom is 0.227 e. The molecule has 0 aliphatic carbocycles. The summed E-state index contributed by atoms with van der Waals surface area (Å²) < 4.78 is 6.34. The van der Waals surface area contributed by atoms with Crippen LogP contribution in [-0.4, -0.2) is 4.98 Å². The zero-order valence-corrected chi connectivity index (χ0v) is 24.0. The van der Waals surface area contributed by atoms with Gasteiger partial charge in [-0.25, -0.2) is 4.98 Å². The normalized spacial score (nSPS) is 11.2. The second-order valence-corrected chi connectivity index (χ2v) is 10.8. The average Bonchev–Trinajstić information content (AvgIpc) is 3.55. The van der Waals surface area contributed by atoms with Gasteiger partial charge in [-0.3, -0.25) is 0 Å². The van der Waals surface area contributed by atoms with Crippen LogP contribution >= 0.6 is 0 Å². The van der Waals surface area contributed by atoms with Crippen molar-refractivity contribution in [2.45, 2.75) is 0 Å². The number of oxazole rings is 1. The Balaban J connectivity index is 1.38. The second kappa shape index (κ2) is 11.0. The summed E-state index contributed by atoms with van der Waals surface area (Å²) in [5, 5.41) is 2.15. The van der Waals surface area contributed by atoms with Crippen LogP contribution in [0, 0.1) is 0 Å². The van der Waals surface area contributed by atoms with Gasteiger partial charge in [0.1, 0.15) is 5.52 Å². The summed E-state index contributed by atoms with van der Waals surface area (Å²) in [6, 6.07) is 59.2. The number of benzene rings is 7. The molecule has 3 nitrogen and oxygen atoms in total. The molecular formula is C41H28N2O. The molecule has 0 fully saturated rings. The molecule has 0 unspecified atom stereocenters. The predicted octanol–water partition coefficient (Wildman–Crippen LogP) is 11.5. The zero-order chi connectivity index (χ0) is 29.3. The van der Waals surface area contributed by atoms with E-state index >= 15 is 0 Å². The number of hydrogen-bond donors (Lipinski definition) is 0.